The van der Waals surface area contributed by atoms with E-state index in [1.807, 2.05) is 11.8 Å². The molecule has 0 saturated carbocycles. The molecule has 3 heteroatoms. The minimum atomic E-state index is 0. The van der Waals surface area contributed by atoms with Gasteiger partial charge in [0, 0.05) is 18.5 Å². The average molecular weight is 208 g/mol. The lowest BCUT2D eigenvalue weighted by atomic mass is 10.2. The van der Waals surface area contributed by atoms with Gasteiger partial charge in [-0.15, -0.1) is 12.4 Å². The molecule has 0 aliphatic heterocycles. The number of halogens is 1. The van der Waals surface area contributed by atoms with Crippen molar-refractivity contribution in [2.45, 2.75) is 59.5 Å². The second-order valence-corrected chi connectivity index (χ2v) is 3.74. The molecule has 0 atom stereocenters. The fourth-order valence-corrected chi connectivity index (χ4v) is 1.52. The van der Waals surface area contributed by atoms with Crippen LogP contribution in [0.3, 0.4) is 0 Å². The van der Waals surface area contributed by atoms with E-state index < -0.39 is 0 Å². The highest BCUT2D eigenvalue weighted by atomic mass is 35.5. The smallest absolute Gasteiger partial charge is 0.223 e. The van der Waals surface area contributed by atoms with E-state index >= 15 is 0 Å². The zero-order valence-corrected chi connectivity index (χ0v) is 10.1. The van der Waals surface area contributed by atoms with Crippen LogP contribution in [0.25, 0.3) is 0 Å². The maximum Gasteiger partial charge on any atom is 0.223 e. The molecule has 0 N–H and O–H groups in total. The summed E-state index contributed by atoms with van der Waals surface area (Å²) in [5.74, 6) is 0.280. The van der Waals surface area contributed by atoms with Crippen molar-refractivity contribution in [3.63, 3.8) is 0 Å². The number of hydrogen-bond donors (Lipinski definition) is 0. The van der Waals surface area contributed by atoms with Gasteiger partial charge in [-0.3, -0.25) is 4.79 Å². The monoisotopic (exact) mass is 207 g/mol. The van der Waals surface area contributed by atoms with Crippen molar-refractivity contribution in [2.75, 3.05) is 0 Å². The maximum atomic E-state index is 11.6. The van der Waals surface area contributed by atoms with Gasteiger partial charge in [0.15, 0.2) is 0 Å². The number of nitrogens with zero attached hydrogens (tertiary/aromatic N) is 1. The van der Waals surface area contributed by atoms with E-state index in [0.29, 0.717) is 18.5 Å². The van der Waals surface area contributed by atoms with Gasteiger partial charge < -0.3 is 4.90 Å². The van der Waals surface area contributed by atoms with Gasteiger partial charge in [-0.05, 0) is 34.1 Å². The van der Waals surface area contributed by atoms with Crippen molar-refractivity contribution in [2.24, 2.45) is 0 Å². The quantitative estimate of drug-likeness (QED) is 0.695. The molecule has 0 radical (unpaired) electrons. The lowest BCUT2D eigenvalue weighted by molar-refractivity contribution is -0.134. The van der Waals surface area contributed by atoms with Crippen molar-refractivity contribution in [1.82, 2.24) is 4.90 Å². The first-order valence-electron chi connectivity index (χ1n) is 4.81. The third-order valence-corrected chi connectivity index (χ3v) is 1.86. The predicted octanol–water partition coefficient (Wildman–Crippen LogP) is 2.85. The summed E-state index contributed by atoms with van der Waals surface area (Å²) in [4.78, 5) is 13.5. The highest BCUT2D eigenvalue weighted by Crippen LogP contribution is 2.08. The summed E-state index contributed by atoms with van der Waals surface area (Å²) in [5.41, 5.74) is 0. The Balaban J connectivity index is 0. The summed E-state index contributed by atoms with van der Waals surface area (Å²) >= 11 is 0. The lowest BCUT2D eigenvalue weighted by Gasteiger charge is -2.30. The Morgan fingerprint density at radius 3 is 1.77 bits per heavy atom. The fourth-order valence-electron chi connectivity index (χ4n) is 1.52. The van der Waals surface area contributed by atoms with Crippen molar-refractivity contribution in [1.29, 1.82) is 0 Å². The number of carbonyl (C=O) groups excluding carboxylic acids is 1. The van der Waals surface area contributed by atoms with Crippen LogP contribution in [-0.4, -0.2) is 22.9 Å². The van der Waals surface area contributed by atoms with Gasteiger partial charge in [0.1, 0.15) is 0 Å². The Morgan fingerprint density at radius 2 is 1.54 bits per heavy atom. The molecule has 0 aromatic carbocycles. The first-order chi connectivity index (χ1) is 5.50. The average Bonchev–Trinajstić information content (AvgIpc) is 1.85. The molecule has 13 heavy (non-hydrogen) atoms. The van der Waals surface area contributed by atoms with Crippen LogP contribution in [0.2, 0.25) is 0 Å². The molecule has 0 aromatic rings. The van der Waals surface area contributed by atoms with Crippen molar-refractivity contribution in [3.8, 4) is 0 Å². The predicted molar refractivity (Wildman–Crippen MR) is 59.3 cm³/mol. The second kappa shape index (κ2) is 7.19. The van der Waals surface area contributed by atoms with Crippen LogP contribution in [0.1, 0.15) is 47.5 Å². The molecular formula is C10H22ClNO. The molecule has 0 spiro atoms. The minimum Gasteiger partial charge on any atom is -0.338 e. The highest BCUT2D eigenvalue weighted by molar-refractivity contribution is 5.85. The van der Waals surface area contributed by atoms with Crippen LogP contribution in [0.15, 0.2) is 0 Å². The minimum absolute atomic E-state index is 0. The summed E-state index contributed by atoms with van der Waals surface area (Å²) in [6.45, 7) is 10.3. The van der Waals surface area contributed by atoms with E-state index in [9.17, 15) is 4.79 Å². The highest BCUT2D eigenvalue weighted by Gasteiger charge is 2.18. The van der Waals surface area contributed by atoms with Crippen LogP contribution in [0.4, 0.5) is 0 Å². The Morgan fingerprint density at radius 1 is 1.15 bits per heavy atom. The molecule has 0 unspecified atom stereocenters. The van der Waals surface area contributed by atoms with E-state index in [-0.39, 0.29) is 18.3 Å². The first-order valence-corrected chi connectivity index (χ1v) is 4.81. The van der Waals surface area contributed by atoms with Crippen LogP contribution in [0, 0.1) is 0 Å². The van der Waals surface area contributed by atoms with Gasteiger partial charge in [0.25, 0.3) is 0 Å². The normalized spacial score (nSPS) is 10.1. The van der Waals surface area contributed by atoms with Gasteiger partial charge in [0.05, 0.1) is 0 Å². The van der Waals surface area contributed by atoms with E-state index in [1.165, 1.54) is 0 Å². The Kier molecular flexibility index (Phi) is 8.43. The summed E-state index contributed by atoms with van der Waals surface area (Å²) in [6.07, 6.45) is 1.62. The molecule has 0 rings (SSSR count). The third-order valence-electron chi connectivity index (χ3n) is 1.86. The van der Waals surface area contributed by atoms with Gasteiger partial charge in [-0.2, -0.15) is 0 Å². The SMILES string of the molecule is CCCC(=O)N(C(C)C)C(C)C.Cl. The Labute approximate surface area is 88.1 Å². The topological polar surface area (TPSA) is 20.3 Å². The van der Waals surface area contributed by atoms with Gasteiger partial charge >= 0.3 is 0 Å². The summed E-state index contributed by atoms with van der Waals surface area (Å²) < 4.78 is 0. The van der Waals surface area contributed by atoms with E-state index in [4.69, 9.17) is 0 Å². The molecule has 0 aliphatic carbocycles. The van der Waals surface area contributed by atoms with Gasteiger partial charge in [0.2, 0.25) is 5.91 Å². The Bertz CT molecular complexity index is 138. The van der Waals surface area contributed by atoms with Crippen molar-refractivity contribution < 1.29 is 4.79 Å². The molecule has 0 bridgehead atoms. The molecule has 0 aliphatic rings. The fraction of sp³-hybridized carbons (Fsp3) is 0.900. The maximum absolute atomic E-state index is 11.6. The molecule has 2 nitrogen and oxygen atoms in total. The van der Waals surface area contributed by atoms with Gasteiger partial charge in [-0.1, -0.05) is 6.92 Å². The zero-order valence-electron chi connectivity index (χ0n) is 9.33. The number of rotatable bonds is 4. The lowest BCUT2D eigenvalue weighted by Crippen LogP contribution is -2.41. The van der Waals surface area contributed by atoms with Crippen LogP contribution in [0.5, 0.6) is 0 Å². The number of hydrogen-bond acceptors (Lipinski definition) is 1. The van der Waals surface area contributed by atoms with E-state index in [0.717, 1.165) is 6.42 Å². The molecular weight excluding hydrogens is 186 g/mol. The van der Waals surface area contributed by atoms with Crippen molar-refractivity contribution in [3.05, 3.63) is 0 Å². The van der Waals surface area contributed by atoms with Crippen molar-refractivity contribution >= 4 is 18.3 Å². The standard InChI is InChI=1S/C10H21NO.ClH/c1-6-7-10(12)11(8(2)3)9(4)5;/h8-9H,6-7H2,1-5H3;1H. The second-order valence-electron chi connectivity index (χ2n) is 3.74. The summed E-state index contributed by atoms with van der Waals surface area (Å²) in [7, 11) is 0. The molecule has 1 amide bonds. The third kappa shape index (κ3) is 5.14. The summed E-state index contributed by atoms with van der Waals surface area (Å²) in [6, 6.07) is 0.646. The number of carbonyl (C=O) groups is 1. The Hall–Kier alpha value is -0.240. The van der Waals surface area contributed by atoms with Crippen LogP contribution >= 0.6 is 12.4 Å². The molecule has 0 fully saturated rings. The molecule has 0 aromatic heterocycles. The first kappa shape index (κ1) is 15.2. The van der Waals surface area contributed by atoms with Crippen LogP contribution < -0.4 is 0 Å². The zero-order chi connectivity index (χ0) is 9.72. The molecule has 0 heterocycles. The van der Waals surface area contributed by atoms with Gasteiger partial charge in [-0.25, -0.2) is 0 Å². The largest absolute Gasteiger partial charge is 0.338 e. The number of amides is 1. The molecule has 0 saturated heterocycles. The van der Waals surface area contributed by atoms with E-state index in [2.05, 4.69) is 27.7 Å². The van der Waals surface area contributed by atoms with Crippen LogP contribution in [-0.2, 0) is 4.79 Å². The molecule has 80 valence electrons. The van der Waals surface area contributed by atoms with E-state index in [1.54, 1.807) is 0 Å². The summed E-state index contributed by atoms with van der Waals surface area (Å²) in [5, 5.41) is 0.